The molecule has 0 bridgehead atoms. The number of phenolic OH excluding ortho intramolecular Hbond substituents is 2. The first-order valence-electron chi connectivity index (χ1n) is 5.67. The molecule has 0 unspecified atom stereocenters. The number of nitrogens with zero attached hydrogens (tertiary/aromatic N) is 1. The third-order valence-corrected chi connectivity index (χ3v) is 3.02. The van der Waals surface area contributed by atoms with Crippen molar-refractivity contribution < 1.29 is 15.0 Å². The van der Waals surface area contributed by atoms with Gasteiger partial charge in [-0.15, -0.1) is 0 Å². The number of rotatable bonds is 3. The molecule has 0 saturated carbocycles. The maximum absolute atomic E-state index is 11.7. The molecule has 2 rings (SSSR count). The highest BCUT2D eigenvalue weighted by molar-refractivity contribution is 9.10. The molecule has 20 heavy (non-hydrogen) atoms. The first-order chi connectivity index (χ1) is 9.56. The third-order valence-electron chi connectivity index (χ3n) is 2.49. The smallest absolute Gasteiger partial charge is 0.271 e. The quantitative estimate of drug-likeness (QED) is 0.596. The van der Waals surface area contributed by atoms with Gasteiger partial charge in [0.05, 0.1) is 6.21 Å². The molecule has 0 aromatic heterocycles. The SMILES string of the molecule is O=C(N/N=C/c1ccc(O)cc1O)c1ccc(Br)cc1. The lowest BCUT2D eigenvalue weighted by atomic mass is 10.2. The van der Waals surface area contributed by atoms with E-state index in [2.05, 4.69) is 26.5 Å². The van der Waals surface area contributed by atoms with Crippen molar-refractivity contribution in [2.24, 2.45) is 5.10 Å². The molecule has 5 nitrogen and oxygen atoms in total. The van der Waals surface area contributed by atoms with Crippen molar-refractivity contribution in [2.45, 2.75) is 0 Å². The molecule has 0 aliphatic heterocycles. The van der Waals surface area contributed by atoms with Crippen LogP contribution in [0.1, 0.15) is 15.9 Å². The fraction of sp³-hybridized carbons (Fsp3) is 0. The van der Waals surface area contributed by atoms with E-state index in [0.29, 0.717) is 11.1 Å². The molecule has 0 aliphatic rings. The Morgan fingerprint density at radius 2 is 1.85 bits per heavy atom. The second kappa shape index (κ2) is 6.21. The number of nitrogens with one attached hydrogen (secondary N) is 1. The maximum atomic E-state index is 11.7. The Labute approximate surface area is 123 Å². The fourth-order valence-corrected chi connectivity index (χ4v) is 1.73. The van der Waals surface area contributed by atoms with E-state index in [9.17, 15) is 9.90 Å². The summed E-state index contributed by atoms with van der Waals surface area (Å²) in [6.45, 7) is 0. The molecule has 2 aromatic rings. The minimum absolute atomic E-state index is 0.0430. The van der Waals surface area contributed by atoms with E-state index in [-0.39, 0.29) is 17.4 Å². The third kappa shape index (κ3) is 3.58. The molecule has 2 aromatic carbocycles. The molecule has 0 radical (unpaired) electrons. The van der Waals surface area contributed by atoms with Crippen LogP contribution in [0, 0.1) is 0 Å². The van der Waals surface area contributed by atoms with E-state index >= 15 is 0 Å². The zero-order chi connectivity index (χ0) is 14.5. The van der Waals surface area contributed by atoms with Gasteiger partial charge in [0, 0.05) is 21.7 Å². The average Bonchev–Trinajstić information content (AvgIpc) is 2.42. The molecular weight excluding hydrogens is 324 g/mol. The van der Waals surface area contributed by atoms with E-state index in [1.54, 1.807) is 24.3 Å². The lowest BCUT2D eigenvalue weighted by molar-refractivity contribution is 0.0955. The molecule has 3 N–H and O–H groups in total. The van der Waals surface area contributed by atoms with Crippen molar-refractivity contribution in [1.29, 1.82) is 0 Å². The van der Waals surface area contributed by atoms with Crippen LogP contribution >= 0.6 is 15.9 Å². The molecule has 1 amide bonds. The predicted octanol–water partition coefficient (Wildman–Crippen LogP) is 2.62. The summed E-state index contributed by atoms with van der Waals surface area (Å²) in [5.74, 6) is -0.516. The van der Waals surface area contributed by atoms with E-state index < -0.39 is 0 Å². The van der Waals surface area contributed by atoms with Gasteiger partial charge in [0.25, 0.3) is 5.91 Å². The molecular formula is C14H11BrN2O3. The van der Waals surface area contributed by atoms with Gasteiger partial charge in [-0.2, -0.15) is 5.10 Å². The van der Waals surface area contributed by atoms with Crippen LogP contribution in [0.4, 0.5) is 0 Å². The molecule has 0 spiro atoms. The summed E-state index contributed by atoms with van der Waals surface area (Å²) >= 11 is 3.28. The van der Waals surface area contributed by atoms with Gasteiger partial charge < -0.3 is 10.2 Å². The highest BCUT2D eigenvalue weighted by Crippen LogP contribution is 2.20. The molecule has 0 fully saturated rings. The Bertz CT molecular complexity index is 654. The topological polar surface area (TPSA) is 81.9 Å². The first-order valence-corrected chi connectivity index (χ1v) is 6.46. The molecule has 0 atom stereocenters. The minimum Gasteiger partial charge on any atom is -0.508 e. The summed E-state index contributed by atoms with van der Waals surface area (Å²) in [7, 11) is 0. The van der Waals surface area contributed by atoms with Crippen LogP contribution in [0.25, 0.3) is 0 Å². The van der Waals surface area contributed by atoms with Crippen molar-refractivity contribution in [1.82, 2.24) is 5.43 Å². The number of hydrogen-bond donors (Lipinski definition) is 3. The van der Waals surface area contributed by atoms with Gasteiger partial charge in [0.2, 0.25) is 0 Å². The monoisotopic (exact) mass is 334 g/mol. The van der Waals surface area contributed by atoms with Crippen LogP contribution in [-0.2, 0) is 0 Å². The Morgan fingerprint density at radius 3 is 2.50 bits per heavy atom. The van der Waals surface area contributed by atoms with Gasteiger partial charge >= 0.3 is 0 Å². The predicted molar refractivity (Wildman–Crippen MR) is 79.0 cm³/mol. The highest BCUT2D eigenvalue weighted by Gasteiger charge is 2.03. The van der Waals surface area contributed by atoms with Gasteiger partial charge in [-0.1, -0.05) is 15.9 Å². The van der Waals surface area contributed by atoms with Crippen molar-refractivity contribution in [3.63, 3.8) is 0 Å². The van der Waals surface area contributed by atoms with Crippen molar-refractivity contribution in [3.8, 4) is 11.5 Å². The Morgan fingerprint density at radius 1 is 1.15 bits per heavy atom. The number of carbonyl (C=O) groups is 1. The van der Waals surface area contributed by atoms with E-state index in [1.807, 2.05) is 0 Å². The maximum Gasteiger partial charge on any atom is 0.271 e. The molecule has 0 heterocycles. The summed E-state index contributed by atoms with van der Waals surface area (Å²) in [5.41, 5.74) is 3.21. The number of phenols is 2. The largest absolute Gasteiger partial charge is 0.508 e. The van der Waals surface area contributed by atoms with Gasteiger partial charge in [0.15, 0.2) is 0 Å². The van der Waals surface area contributed by atoms with Crippen LogP contribution in [0.3, 0.4) is 0 Å². The van der Waals surface area contributed by atoms with Gasteiger partial charge in [0.1, 0.15) is 11.5 Å². The van der Waals surface area contributed by atoms with E-state index in [4.69, 9.17) is 5.11 Å². The van der Waals surface area contributed by atoms with Crippen LogP contribution in [0.15, 0.2) is 52.0 Å². The van der Waals surface area contributed by atoms with E-state index in [0.717, 1.165) is 4.47 Å². The first kappa shape index (κ1) is 14.1. The van der Waals surface area contributed by atoms with Gasteiger partial charge in [-0.3, -0.25) is 4.79 Å². The number of halogens is 1. The second-order valence-corrected chi connectivity index (χ2v) is 4.86. The lowest BCUT2D eigenvalue weighted by Gasteiger charge is -2.01. The van der Waals surface area contributed by atoms with Crippen LogP contribution < -0.4 is 5.43 Å². The van der Waals surface area contributed by atoms with E-state index in [1.165, 1.54) is 24.4 Å². The Kier molecular flexibility index (Phi) is 4.37. The average molecular weight is 335 g/mol. The summed E-state index contributed by atoms with van der Waals surface area (Å²) in [6.07, 6.45) is 1.30. The van der Waals surface area contributed by atoms with Crippen LogP contribution in [0.5, 0.6) is 11.5 Å². The number of amides is 1. The van der Waals surface area contributed by atoms with Gasteiger partial charge in [-0.05, 0) is 36.4 Å². The lowest BCUT2D eigenvalue weighted by Crippen LogP contribution is -2.17. The van der Waals surface area contributed by atoms with Crippen molar-refractivity contribution in [3.05, 3.63) is 58.1 Å². The number of hydrazone groups is 1. The Balaban J connectivity index is 2.02. The minimum atomic E-state index is -0.355. The molecule has 102 valence electrons. The number of hydrogen-bond acceptors (Lipinski definition) is 4. The highest BCUT2D eigenvalue weighted by atomic mass is 79.9. The number of aromatic hydroxyl groups is 2. The molecule has 0 saturated heterocycles. The summed E-state index contributed by atoms with van der Waals surface area (Å²) < 4.78 is 0.881. The van der Waals surface area contributed by atoms with Crippen LogP contribution in [0.2, 0.25) is 0 Å². The van der Waals surface area contributed by atoms with Crippen LogP contribution in [-0.4, -0.2) is 22.3 Å². The Hall–Kier alpha value is -2.34. The number of benzene rings is 2. The fourth-order valence-electron chi connectivity index (χ4n) is 1.47. The summed E-state index contributed by atoms with van der Waals surface area (Å²) in [6, 6.07) is 10.9. The normalized spacial score (nSPS) is 10.7. The zero-order valence-corrected chi connectivity index (χ0v) is 11.8. The molecule has 0 aliphatic carbocycles. The van der Waals surface area contributed by atoms with Crippen molar-refractivity contribution >= 4 is 28.1 Å². The summed E-state index contributed by atoms with van der Waals surface area (Å²) in [4.78, 5) is 11.7. The zero-order valence-electron chi connectivity index (χ0n) is 10.2. The standard InChI is InChI=1S/C14H11BrN2O3/c15-11-4-1-9(2-5-11)14(20)17-16-8-10-3-6-12(18)7-13(10)19/h1-8,18-19H,(H,17,20)/b16-8+. The molecule has 6 heteroatoms. The van der Waals surface area contributed by atoms with Gasteiger partial charge in [-0.25, -0.2) is 5.43 Å². The van der Waals surface area contributed by atoms with Crippen molar-refractivity contribution in [2.75, 3.05) is 0 Å². The summed E-state index contributed by atoms with van der Waals surface area (Å²) in [5, 5.41) is 22.4. The number of carbonyl (C=O) groups excluding carboxylic acids is 1. The second-order valence-electron chi connectivity index (χ2n) is 3.95.